The van der Waals surface area contributed by atoms with Gasteiger partial charge in [-0.1, -0.05) is 110 Å². The maximum Gasteiger partial charge on any atom is 0.0702 e. The first kappa shape index (κ1) is 30.3. The van der Waals surface area contributed by atoms with Crippen molar-refractivity contribution in [3.8, 4) is 0 Å². The van der Waals surface area contributed by atoms with Crippen LogP contribution >= 0.6 is 0 Å². The first-order valence-electron chi connectivity index (χ1n) is 14.6. The summed E-state index contributed by atoms with van der Waals surface area (Å²) in [5, 5.41) is 3.70. The van der Waals surface area contributed by atoms with Gasteiger partial charge in [-0.2, -0.15) is 0 Å². The molecule has 1 heterocycles. The van der Waals surface area contributed by atoms with Gasteiger partial charge in [-0.05, 0) is 66.2 Å². The van der Waals surface area contributed by atoms with E-state index in [2.05, 4.69) is 130 Å². The number of para-hydroxylation sites is 2. The average molecular weight is 524 g/mol. The van der Waals surface area contributed by atoms with E-state index in [0.29, 0.717) is 23.7 Å². The average Bonchev–Trinajstić information content (AvgIpc) is 2.88. The van der Waals surface area contributed by atoms with Gasteiger partial charge in [0.05, 0.1) is 34.2 Å². The molecule has 0 atom stereocenters. The summed E-state index contributed by atoms with van der Waals surface area (Å²) < 4.78 is 0. The molecule has 0 aliphatic carbocycles. The van der Waals surface area contributed by atoms with Gasteiger partial charge in [0.25, 0.3) is 0 Å². The largest absolute Gasteiger partial charge is 0.353 e. The Kier molecular flexibility index (Phi) is 10.3. The Morgan fingerprint density at radius 3 is 1.31 bits per heavy atom. The van der Waals surface area contributed by atoms with Gasteiger partial charge < -0.3 is 5.32 Å². The summed E-state index contributed by atoms with van der Waals surface area (Å²) in [6.45, 7) is 26.2. The van der Waals surface area contributed by atoms with Crippen LogP contribution in [0.15, 0.2) is 82.6 Å². The summed E-state index contributed by atoms with van der Waals surface area (Å²) in [5.74, 6) is 1.84. The van der Waals surface area contributed by atoms with Crippen LogP contribution in [-0.4, -0.2) is 11.4 Å². The third kappa shape index (κ3) is 7.26. The van der Waals surface area contributed by atoms with Crippen molar-refractivity contribution in [2.24, 2.45) is 15.9 Å². The van der Waals surface area contributed by atoms with Crippen molar-refractivity contribution in [2.75, 3.05) is 0 Å². The van der Waals surface area contributed by atoms with Crippen LogP contribution in [0.2, 0.25) is 0 Å². The molecule has 2 aromatic rings. The zero-order valence-electron chi connectivity index (χ0n) is 25.9. The van der Waals surface area contributed by atoms with Crippen LogP contribution in [0.5, 0.6) is 0 Å². The molecule has 0 radical (unpaired) electrons. The van der Waals surface area contributed by atoms with Gasteiger partial charge in [-0.25, -0.2) is 0 Å². The second-order valence-corrected chi connectivity index (χ2v) is 12.1. The molecule has 0 spiro atoms. The van der Waals surface area contributed by atoms with E-state index >= 15 is 0 Å². The van der Waals surface area contributed by atoms with E-state index in [1.807, 2.05) is 6.08 Å². The van der Waals surface area contributed by atoms with Gasteiger partial charge in [0, 0.05) is 5.92 Å². The molecular weight excluding hydrogens is 474 g/mol. The first-order valence-corrected chi connectivity index (χ1v) is 14.6. The smallest absolute Gasteiger partial charge is 0.0702 e. The predicted octanol–water partition coefficient (Wildman–Crippen LogP) is 10.6. The Hall–Kier alpha value is -3.20. The molecule has 1 aliphatic rings. The molecule has 3 nitrogen and oxygen atoms in total. The lowest BCUT2D eigenvalue weighted by molar-refractivity contribution is 0.782. The fourth-order valence-corrected chi connectivity index (χ4v) is 5.19. The molecule has 0 bridgehead atoms. The summed E-state index contributed by atoms with van der Waals surface area (Å²) >= 11 is 0. The third-order valence-corrected chi connectivity index (χ3v) is 7.49. The van der Waals surface area contributed by atoms with E-state index in [4.69, 9.17) is 9.98 Å². The van der Waals surface area contributed by atoms with Crippen molar-refractivity contribution in [1.82, 2.24) is 5.32 Å². The van der Waals surface area contributed by atoms with Crippen LogP contribution in [0.4, 0.5) is 11.4 Å². The molecule has 2 aromatic carbocycles. The molecule has 0 amide bonds. The predicted molar refractivity (Wildman–Crippen MR) is 172 cm³/mol. The van der Waals surface area contributed by atoms with Crippen molar-refractivity contribution in [3.63, 3.8) is 0 Å². The Labute approximate surface area is 238 Å². The number of aliphatic imine (C=N–C) groups is 2. The maximum absolute atomic E-state index is 5.27. The number of allylic oxidation sites excluding steroid dienone is 5. The van der Waals surface area contributed by atoms with Crippen LogP contribution in [0.1, 0.15) is 122 Å². The minimum atomic E-state index is 0.235. The summed E-state index contributed by atoms with van der Waals surface area (Å²) in [4.78, 5) is 10.5. The van der Waals surface area contributed by atoms with E-state index in [1.165, 1.54) is 22.3 Å². The molecule has 1 aliphatic heterocycles. The molecule has 208 valence electrons. The third-order valence-electron chi connectivity index (χ3n) is 7.49. The molecule has 0 unspecified atom stereocenters. The van der Waals surface area contributed by atoms with Crippen LogP contribution < -0.4 is 5.32 Å². The highest BCUT2D eigenvalue weighted by Crippen LogP contribution is 2.37. The molecule has 0 saturated carbocycles. The first-order chi connectivity index (χ1) is 18.4. The normalized spacial score (nSPS) is 16.6. The topological polar surface area (TPSA) is 36.8 Å². The quantitative estimate of drug-likeness (QED) is 0.244. The van der Waals surface area contributed by atoms with Gasteiger partial charge in [-0.3, -0.25) is 9.98 Å². The monoisotopic (exact) mass is 523 g/mol. The van der Waals surface area contributed by atoms with Crippen LogP contribution in [0.3, 0.4) is 0 Å². The summed E-state index contributed by atoms with van der Waals surface area (Å²) in [6, 6.07) is 13.2. The number of benzene rings is 2. The van der Waals surface area contributed by atoms with Crippen molar-refractivity contribution in [2.45, 2.75) is 99.3 Å². The number of nitrogens with one attached hydrogen (secondary N) is 1. The number of nitrogens with zero attached hydrogens (tertiary/aromatic N) is 2. The maximum atomic E-state index is 5.27. The Morgan fingerprint density at radius 2 is 1.03 bits per heavy atom. The Bertz CT molecular complexity index is 1150. The van der Waals surface area contributed by atoms with E-state index in [9.17, 15) is 0 Å². The highest BCUT2D eigenvalue weighted by atomic mass is 15.0. The van der Waals surface area contributed by atoms with Gasteiger partial charge in [0.15, 0.2) is 0 Å². The second kappa shape index (κ2) is 13.2. The number of dihydropyridines is 1. The number of hydrogen-bond donors (Lipinski definition) is 1. The van der Waals surface area contributed by atoms with Gasteiger partial charge in [-0.15, -0.1) is 6.58 Å². The minimum Gasteiger partial charge on any atom is -0.353 e. The molecule has 3 heteroatoms. The van der Waals surface area contributed by atoms with Crippen molar-refractivity contribution in [3.05, 3.63) is 94.9 Å². The lowest BCUT2D eigenvalue weighted by Gasteiger charge is -2.24. The number of hydrogen-bond acceptors (Lipinski definition) is 3. The molecule has 0 fully saturated rings. The fourth-order valence-electron chi connectivity index (χ4n) is 5.19. The minimum absolute atomic E-state index is 0.235. The Balaban J connectivity index is 2.08. The highest BCUT2D eigenvalue weighted by Gasteiger charge is 2.20. The van der Waals surface area contributed by atoms with E-state index in [1.54, 1.807) is 0 Å². The van der Waals surface area contributed by atoms with E-state index in [-0.39, 0.29) is 5.92 Å². The van der Waals surface area contributed by atoms with Gasteiger partial charge in [0.1, 0.15) is 0 Å². The van der Waals surface area contributed by atoms with Crippen LogP contribution in [0.25, 0.3) is 0 Å². The fraction of sp³-hybridized carbons (Fsp3) is 0.444. The standard InChI is InChI=1S/C36H49N3/c1-12-15-28-20-33(26(10)37-35-29(22(2)3)16-13-17-30(35)23(4)5)39-34(21-28)27(11)38-36-31(24(6)7)18-14-19-32(36)25(8)9/h12-14,16-25,28,39H,1,15H2,2-11H3. The molecule has 1 N–H and O–H groups in total. The molecule has 0 saturated heterocycles. The van der Waals surface area contributed by atoms with E-state index < -0.39 is 0 Å². The number of rotatable bonds is 10. The molecule has 3 rings (SSSR count). The van der Waals surface area contributed by atoms with Crippen molar-refractivity contribution >= 4 is 22.8 Å². The second-order valence-electron chi connectivity index (χ2n) is 12.1. The van der Waals surface area contributed by atoms with Gasteiger partial charge >= 0.3 is 0 Å². The summed E-state index contributed by atoms with van der Waals surface area (Å²) in [6.07, 6.45) is 7.43. The zero-order valence-corrected chi connectivity index (χ0v) is 25.9. The van der Waals surface area contributed by atoms with Crippen molar-refractivity contribution in [1.29, 1.82) is 0 Å². The summed E-state index contributed by atoms with van der Waals surface area (Å²) in [5.41, 5.74) is 11.4. The lowest BCUT2D eigenvalue weighted by Crippen LogP contribution is -2.27. The van der Waals surface area contributed by atoms with Gasteiger partial charge in [0.2, 0.25) is 0 Å². The molecule has 0 aromatic heterocycles. The lowest BCUT2D eigenvalue weighted by atomic mass is 9.92. The SMILES string of the molecule is C=CCC1C=C(C(C)=Nc2c(C(C)C)cccc2C(C)C)NC(C(C)=Nc2c(C(C)C)cccc2C(C)C)=C1. The van der Waals surface area contributed by atoms with Crippen molar-refractivity contribution < 1.29 is 0 Å². The molecular formula is C36H49N3. The van der Waals surface area contributed by atoms with E-state index in [0.717, 1.165) is 40.6 Å². The van der Waals surface area contributed by atoms with Crippen LogP contribution in [-0.2, 0) is 0 Å². The summed E-state index contributed by atoms with van der Waals surface area (Å²) in [7, 11) is 0. The zero-order chi connectivity index (χ0) is 28.9. The molecule has 39 heavy (non-hydrogen) atoms. The highest BCUT2D eigenvalue weighted by molar-refractivity contribution is 6.05. The Morgan fingerprint density at radius 1 is 0.692 bits per heavy atom. The van der Waals surface area contributed by atoms with Crippen LogP contribution in [0, 0.1) is 5.92 Å².